The summed E-state index contributed by atoms with van der Waals surface area (Å²) in [6.45, 7) is 0.379. The second kappa shape index (κ2) is 5.78. The Bertz CT molecular complexity index is 635. The van der Waals surface area contributed by atoms with Crippen molar-refractivity contribution >= 4 is 37.5 Å². The first kappa shape index (κ1) is 15.4. The number of amides is 1. The third-order valence-corrected chi connectivity index (χ3v) is 4.52. The van der Waals surface area contributed by atoms with Crippen LogP contribution in [0, 0.1) is 0 Å². The molecule has 1 amide bonds. The van der Waals surface area contributed by atoms with Gasteiger partial charge in [-0.25, -0.2) is 13.6 Å². The molecular formula is C11H14BrN3O4S. The molecule has 2 atom stereocenters. The third kappa shape index (κ3) is 3.55. The van der Waals surface area contributed by atoms with Crippen LogP contribution in [-0.4, -0.2) is 38.1 Å². The Kier molecular flexibility index (Phi) is 4.45. The fourth-order valence-electron chi connectivity index (χ4n) is 1.91. The van der Waals surface area contributed by atoms with Crippen LogP contribution in [0.2, 0.25) is 0 Å². The standard InChI is InChI=1S/C11H14BrN3O4S/c12-8-4-7(20(13,18)19)1-2-9(8)15-11(17)10-3-6(16)5-14-10/h1-2,4,6,10,14,16H,3,5H2,(H,15,17)(H2,13,18,19). The van der Waals surface area contributed by atoms with Crippen LogP contribution in [0.25, 0.3) is 0 Å². The van der Waals surface area contributed by atoms with Gasteiger partial charge in [-0.2, -0.15) is 0 Å². The van der Waals surface area contributed by atoms with E-state index in [1.54, 1.807) is 0 Å². The van der Waals surface area contributed by atoms with Crippen LogP contribution in [0.5, 0.6) is 0 Å². The lowest BCUT2D eigenvalue weighted by Gasteiger charge is -2.12. The molecule has 1 heterocycles. The number of aliphatic hydroxyl groups excluding tert-OH is 1. The van der Waals surface area contributed by atoms with Crippen molar-refractivity contribution in [2.45, 2.75) is 23.5 Å². The maximum absolute atomic E-state index is 11.9. The number of β-amino-alcohol motifs (C(OH)–C–C–N with tert-alkyl or cyclic N) is 1. The summed E-state index contributed by atoms with van der Waals surface area (Å²) in [5.41, 5.74) is 0.436. The monoisotopic (exact) mass is 363 g/mol. The van der Waals surface area contributed by atoms with E-state index in [4.69, 9.17) is 5.14 Å². The Morgan fingerprint density at radius 3 is 2.70 bits per heavy atom. The van der Waals surface area contributed by atoms with E-state index in [2.05, 4.69) is 26.6 Å². The molecule has 1 saturated heterocycles. The first-order valence-corrected chi connectivity index (χ1v) is 8.16. The lowest BCUT2D eigenvalue weighted by Crippen LogP contribution is -2.35. The van der Waals surface area contributed by atoms with Gasteiger partial charge in [0.2, 0.25) is 15.9 Å². The fraction of sp³-hybridized carbons (Fsp3) is 0.364. The van der Waals surface area contributed by atoms with E-state index in [1.165, 1.54) is 18.2 Å². The van der Waals surface area contributed by atoms with Crippen LogP contribution >= 0.6 is 15.9 Å². The highest BCUT2D eigenvalue weighted by atomic mass is 79.9. The lowest BCUT2D eigenvalue weighted by atomic mass is 10.2. The number of hydrogen-bond donors (Lipinski definition) is 4. The summed E-state index contributed by atoms with van der Waals surface area (Å²) in [5.74, 6) is -0.286. The predicted molar refractivity (Wildman–Crippen MR) is 76.6 cm³/mol. The Hall–Kier alpha value is -1.00. The number of aliphatic hydroxyl groups is 1. The van der Waals surface area contributed by atoms with Gasteiger partial charge in [0, 0.05) is 11.0 Å². The summed E-state index contributed by atoms with van der Waals surface area (Å²) < 4.78 is 22.8. The molecule has 0 bridgehead atoms. The van der Waals surface area contributed by atoms with Crippen molar-refractivity contribution in [2.75, 3.05) is 11.9 Å². The lowest BCUT2D eigenvalue weighted by molar-refractivity contribution is -0.117. The number of anilines is 1. The van der Waals surface area contributed by atoms with E-state index in [9.17, 15) is 18.3 Å². The quantitative estimate of drug-likeness (QED) is 0.590. The van der Waals surface area contributed by atoms with Crippen molar-refractivity contribution in [3.8, 4) is 0 Å². The van der Waals surface area contributed by atoms with Crippen LogP contribution in [0.15, 0.2) is 27.6 Å². The smallest absolute Gasteiger partial charge is 0.241 e. The van der Waals surface area contributed by atoms with Crippen molar-refractivity contribution < 1.29 is 18.3 Å². The van der Waals surface area contributed by atoms with Crippen molar-refractivity contribution in [2.24, 2.45) is 5.14 Å². The van der Waals surface area contributed by atoms with E-state index in [0.717, 1.165) is 0 Å². The SMILES string of the molecule is NS(=O)(=O)c1ccc(NC(=O)C2CC(O)CN2)c(Br)c1. The molecule has 20 heavy (non-hydrogen) atoms. The minimum absolute atomic E-state index is 0.0446. The highest BCUT2D eigenvalue weighted by Crippen LogP contribution is 2.25. The fourth-order valence-corrected chi connectivity index (χ4v) is 3.08. The van der Waals surface area contributed by atoms with Crippen LogP contribution in [0.3, 0.4) is 0 Å². The Morgan fingerprint density at radius 1 is 1.50 bits per heavy atom. The van der Waals surface area contributed by atoms with Crippen molar-refractivity contribution in [3.63, 3.8) is 0 Å². The molecule has 110 valence electrons. The number of sulfonamides is 1. The molecule has 1 aliphatic heterocycles. The van der Waals surface area contributed by atoms with Crippen molar-refractivity contribution in [1.29, 1.82) is 0 Å². The topological polar surface area (TPSA) is 122 Å². The minimum atomic E-state index is -3.78. The third-order valence-electron chi connectivity index (χ3n) is 2.95. The van der Waals surface area contributed by atoms with Gasteiger partial charge < -0.3 is 15.7 Å². The van der Waals surface area contributed by atoms with Gasteiger partial charge in [-0.3, -0.25) is 4.79 Å². The first-order valence-electron chi connectivity index (χ1n) is 5.82. The molecule has 0 aliphatic carbocycles. The highest BCUT2D eigenvalue weighted by molar-refractivity contribution is 9.10. The number of primary sulfonamides is 1. The minimum Gasteiger partial charge on any atom is -0.392 e. The zero-order chi connectivity index (χ0) is 14.9. The maximum Gasteiger partial charge on any atom is 0.241 e. The Balaban J connectivity index is 2.12. The van der Waals surface area contributed by atoms with Gasteiger partial charge >= 0.3 is 0 Å². The Labute approximate surface area is 124 Å². The van der Waals surface area contributed by atoms with Gasteiger partial charge in [0.1, 0.15) is 0 Å². The average molecular weight is 364 g/mol. The van der Waals surface area contributed by atoms with Crippen LogP contribution in [-0.2, 0) is 14.8 Å². The molecule has 1 aliphatic rings. The van der Waals surface area contributed by atoms with Gasteiger partial charge in [-0.1, -0.05) is 0 Å². The van der Waals surface area contributed by atoms with Gasteiger partial charge in [0.05, 0.1) is 22.7 Å². The molecule has 2 unspecified atom stereocenters. The number of carbonyl (C=O) groups is 1. The number of carbonyl (C=O) groups excluding carboxylic acids is 1. The molecule has 9 heteroatoms. The Morgan fingerprint density at radius 2 is 2.20 bits per heavy atom. The molecule has 0 spiro atoms. The van der Waals surface area contributed by atoms with Gasteiger partial charge in [-0.15, -0.1) is 0 Å². The molecule has 1 fully saturated rings. The highest BCUT2D eigenvalue weighted by Gasteiger charge is 2.28. The number of halogens is 1. The molecule has 5 N–H and O–H groups in total. The summed E-state index contributed by atoms with van der Waals surface area (Å²) in [5, 5.41) is 19.9. The van der Waals surface area contributed by atoms with E-state index in [1.807, 2.05) is 0 Å². The van der Waals surface area contributed by atoms with Crippen LogP contribution < -0.4 is 15.8 Å². The van der Waals surface area contributed by atoms with Gasteiger partial charge in [0.25, 0.3) is 0 Å². The second-order valence-electron chi connectivity index (χ2n) is 4.53. The second-order valence-corrected chi connectivity index (χ2v) is 6.94. The van der Waals surface area contributed by atoms with E-state index in [-0.39, 0.29) is 10.8 Å². The van der Waals surface area contributed by atoms with Gasteiger partial charge in [0.15, 0.2) is 0 Å². The summed E-state index contributed by atoms with van der Waals surface area (Å²) in [4.78, 5) is 11.9. The first-order chi connectivity index (χ1) is 9.27. The van der Waals surface area contributed by atoms with Gasteiger partial charge in [-0.05, 0) is 40.5 Å². The average Bonchev–Trinajstić information content (AvgIpc) is 2.77. The number of nitrogens with two attached hydrogens (primary N) is 1. The summed E-state index contributed by atoms with van der Waals surface area (Å²) in [7, 11) is -3.78. The van der Waals surface area contributed by atoms with E-state index < -0.39 is 22.2 Å². The summed E-state index contributed by atoms with van der Waals surface area (Å²) in [6.07, 6.45) is -0.183. The molecule has 1 aromatic carbocycles. The maximum atomic E-state index is 11.9. The normalized spacial score (nSPS) is 22.8. The zero-order valence-electron chi connectivity index (χ0n) is 10.3. The zero-order valence-corrected chi connectivity index (χ0v) is 12.7. The molecule has 0 aromatic heterocycles. The number of nitrogens with one attached hydrogen (secondary N) is 2. The number of benzene rings is 1. The summed E-state index contributed by atoms with van der Waals surface area (Å²) >= 11 is 3.18. The molecule has 7 nitrogen and oxygen atoms in total. The van der Waals surface area contributed by atoms with Crippen molar-refractivity contribution in [1.82, 2.24) is 5.32 Å². The summed E-state index contributed by atoms with van der Waals surface area (Å²) in [6, 6.07) is 3.62. The van der Waals surface area contributed by atoms with Crippen molar-refractivity contribution in [3.05, 3.63) is 22.7 Å². The number of hydrogen-bond acceptors (Lipinski definition) is 5. The number of rotatable bonds is 3. The molecule has 0 saturated carbocycles. The van der Waals surface area contributed by atoms with E-state index >= 15 is 0 Å². The molecule has 1 aromatic rings. The molecular weight excluding hydrogens is 350 g/mol. The molecule has 2 rings (SSSR count). The van der Waals surface area contributed by atoms with E-state index in [0.29, 0.717) is 23.1 Å². The predicted octanol–water partition coefficient (Wildman–Crippen LogP) is -0.242. The van der Waals surface area contributed by atoms with Crippen LogP contribution in [0.4, 0.5) is 5.69 Å². The largest absolute Gasteiger partial charge is 0.392 e. The molecule has 0 radical (unpaired) electrons. The van der Waals surface area contributed by atoms with Crippen LogP contribution in [0.1, 0.15) is 6.42 Å².